The maximum absolute atomic E-state index is 15.8. The van der Waals surface area contributed by atoms with E-state index in [0.29, 0.717) is 78.7 Å². The molecule has 3 amide bonds. The molecule has 17 heteroatoms. The molecule has 2 aromatic carbocycles. The first-order valence-electron chi connectivity index (χ1n) is 18.7. The fourth-order valence-electron chi connectivity index (χ4n) is 8.17. The second-order valence-electron chi connectivity index (χ2n) is 14.9. The smallest absolute Gasteiger partial charge is 0.418 e. The van der Waals surface area contributed by atoms with Crippen LogP contribution in [0.15, 0.2) is 47.5 Å². The van der Waals surface area contributed by atoms with Crippen molar-refractivity contribution in [2.45, 2.75) is 63.3 Å². The largest absolute Gasteiger partial charge is 0.496 e. The van der Waals surface area contributed by atoms with Crippen molar-refractivity contribution < 1.29 is 36.7 Å². The standard InChI is InChI=1S/C39H44F4N8O5/c1-48-20-27(26-19-44-47-35(26)38(48)55)23-16-30(40)28(33(17-23)56-3)21-50-12-10-25(11-13-50)49(2)37(54)22-8-14-51(15-9-22)32-6-4-24(18-29(32)39(41,42)43)45-31-5-7-34(52)46-36(31)53/h4,6,16-20,22,25,31,45H,5,7-15,21H2,1-3H3,(H,44,47)(H,46,52,53). The van der Waals surface area contributed by atoms with E-state index >= 15 is 4.39 Å². The lowest BCUT2D eigenvalue weighted by Crippen LogP contribution is -2.49. The number of benzene rings is 2. The molecule has 5 heterocycles. The van der Waals surface area contributed by atoms with Crippen LogP contribution in [0, 0.1) is 11.7 Å². The van der Waals surface area contributed by atoms with E-state index in [9.17, 15) is 32.3 Å². The Bertz CT molecular complexity index is 2210. The zero-order valence-corrected chi connectivity index (χ0v) is 31.3. The molecule has 1 atom stereocenters. The molecule has 0 bridgehead atoms. The summed E-state index contributed by atoms with van der Waals surface area (Å²) in [6, 6.07) is 6.23. The van der Waals surface area contributed by atoms with Gasteiger partial charge in [0, 0.05) is 99.3 Å². The molecule has 1 unspecified atom stereocenters. The number of nitrogens with one attached hydrogen (secondary N) is 3. The van der Waals surface area contributed by atoms with Crippen LogP contribution in [0.3, 0.4) is 0 Å². The van der Waals surface area contributed by atoms with E-state index in [4.69, 9.17) is 4.74 Å². The van der Waals surface area contributed by atoms with Gasteiger partial charge in [0.05, 0.1) is 18.9 Å². The van der Waals surface area contributed by atoms with Gasteiger partial charge in [-0.1, -0.05) is 0 Å². The predicted molar refractivity (Wildman–Crippen MR) is 201 cm³/mol. The third-order valence-electron chi connectivity index (χ3n) is 11.4. The highest BCUT2D eigenvalue weighted by Crippen LogP contribution is 2.40. The van der Waals surface area contributed by atoms with Gasteiger partial charge >= 0.3 is 6.18 Å². The minimum absolute atomic E-state index is 0.0166. The number of aryl methyl sites for hydroxylation is 1. The zero-order chi connectivity index (χ0) is 39.9. The molecule has 0 radical (unpaired) electrons. The van der Waals surface area contributed by atoms with Gasteiger partial charge in [-0.15, -0.1) is 0 Å². The topological polar surface area (TPSA) is 145 Å². The quantitative estimate of drug-likeness (QED) is 0.163. The number of amides is 3. The van der Waals surface area contributed by atoms with Crippen molar-refractivity contribution in [2.75, 3.05) is 50.6 Å². The van der Waals surface area contributed by atoms with Gasteiger partial charge in [-0.2, -0.15) is 18.3 Å². The molecular formula is C39H44F4N8O5. The van der Waals surface area contributed by atoms with Crippen LogP contribution in [-0.4, -0.2) is 94.7 Å². The van der Waals surface area contributed by atoms with Crippen molar-refractivity contribution in [1.29, 1.82) is 0 Å². The highest BCUT2D eigenvalue weighted by atomic mass is 19.4. The Balaban J connectivity index is 0.943. The van der Waals surface area contributed by atoms with E-state index in [0.717, 1.165) is 6.07 Å². The monoisotopic (exact) mass is 780 g/mol. The second kappa shape index (κ2) is 15.6. The molecule has 3 aliphatic heterocycles. The first kappa shape index (κ1) is 38.8. The molecule has 4 aromatic rings. The number of piperidine rings is 3. The number of aromatic nitrogens is 3. The molecule has 7 rings (SSSR count). The highest BCUT2D eigenvalue weighted by molar-refractivity contribution is 6.01. The summed E-state index contributed by atoms with van der Waals surface area (Å²) in [4.78, 5) is 55.3. The molecular weight excluding hydrogens is 736 g/mol. The molecule has 0 spiro atoms. The zero-order valence-electron chi connectivity index (χ0n) is 31.3. The minimum atomic E-state index is -4.65. The number of imide groups is 1. The summed E-state index contributed by atoms with van der Waals surface area (Å²) in [5.74, 6) is -1.40. The minimum Gasteiger partial charge on any atom is -0.496 e. The Hall–Kier alpha value is -5.45. The fourth-order valence-corrected chi connectivity index (χ4v) is 8.17. The number of nitrogens with zero attached hydrogens (tertiary/aromatic N) is 5. The van der Waals surface area contributed by atoms with Gasteiger partial charge in [-0.3, -0.25) is 34.5 Å². The molecule has 3 saturated heterocycles. The maximum atomic E-state index is 15.8. The molecule has 3 fully saturated rings. The number of halogens is 4. The summed E-state index contributed by atoms with van der Waals surface area (Å²) in [5, 5.41) is 12.3. The molecule has 56 heavy (non-hydrogen) atoms. The van der Waals surface area contributed by atoms with Crippen LogP contribution in [0.25, 0.3) is 22.0 Å². The van der Waals surface area contributed by atoms with Crippen molar-refractivity contribution in [3.8, 4) is 16.9 Å². The van der Waals surface area contributed by atoms with Crippen molar-refractivity contribution in [3.05, 3.63) is 70.0 Å². The number of carbonyl (C=O) groups excluding carboxylic acids is 3. The third kappa shape index (κ3) is 7.81. The first-order chi connectivity index (χ1) is 26.7. The van der Waals surface area contributed by atoms with Gasteiger partial charge < -0.3 is 24.4 Å². The molecule has 298 valence electrons. The molecule has 13 nitrogen and oxygen atoms in total. The number of ether oxygens (including phenoxy) is 1. The third-order valence-corrected chi connectivity index (χ3v) is 11.4. The number of hydrogen-bond acceptors (Lipinski definition) is 9. The SMILES string of the molecule is COc1cc(-c2cn(C)c(=O)c3[nH]ncc23)cc(F)c1CN1CCC(N(C)C(=O)C2CCN(c3ccc(NC4CCC(=O)NC4=O)cc3C(F)(F)F)CC2)CC1. The van der Waals surface area contributed by atoms with Crippen LogP contribution in [0.2, 0.25) is 0 Å². The van der Waals surface area contributed by atoms with E-state index in [-0.39, 0.29) is 60.7 Å². The van der Waals surface area contributed by atoms with E-state index in [1.165, 1.54) is 29.9 Å². The summed E-state index contributed by atoms with van der Waals surface area (Å²) in [5.41, 5.74) is 0.998. The lowest BCUT2D eigenvalue weighted by molar-refractivity contribution is -0.139. The number of hydrogen-bond donors (Lipinski definition) is 3. The number of pyridine rings is 1. The van der Waals surface area contributed by atoms with Crippen LogP contribution in [0.1, 0.15) is 49.7 Å². The van der Waals surface area contributed by atoms with Gasteiger partial charge in [0.25, 0.3) is 5.56 Å². The lowest BCUT2D eigenvalue weighted by Gasteiger charge is -2.40. The van der Waals surface area contributed by atoms with Crippen LogP contribution in [-0.2, 0) is 34.2 Å². The Labute approximate surface area is 320 Å². The predicted octanol–water partition coefficient (Wildman–Crippen LogP) is 4.65. The fraction of sp³-hybridized carbons (Fsp3) is 0.462. The summed E-state index contributed by atoms with van der Waals surface area (Å²) in [6.45, 7) is 2.09. The van der Waals surface area contributed by atoms with E-state index in [2.05, 4.69) is 25.7 Å². The number of aromatic amines is 1. The Morgan fingerprint density at radius 1 is 1.04 bits per heavy atom. The van der Waals surface area contributed by atoms with Crippen molar-refractivity contribution >= 4 is 40.0 Å². The normalized spacial score (nSPS) is 19.0. The van der Waals surface area contributed by atoms with Crippen LogP contribution in [0.5, 0.6) is 5.75 Å². The van der Waals surface area contributed by atoms with Crippen molar-refractivity contribution in [2.24, 2.45) is 13.0 Å². The molecule has 0 saturated carbocycles. The van der Waals surface area contributed by atoms with Crippen LogP contribution in [0.4, 0.5) is 28.9 Å². The molecule has 2 aromatic heterocycles. The number of fused-ring (bicyclic) bond motifs is 1. The van der Waals surface area contributed by atoms with E-state index < -0.39 is 35.4 Å². The summed E-state index contributed by atoms with van der Waals surface area (Å²) < 4.78 is 65.6. The Kier molecular flexibility index (Phi) is 10.8. The average Bonchev–Trinajstić information content (AvgIpc) is 3.68. The van der Waals surface area contributed by atoms with Gasteiger partial charge in [0.2, 0.25) is 17.7 Å². The number of carbonyl (C=O) groups is 3. The molecule has 0 aliphatic carbocycles. The number of anilines is 2. The first-order valence-corrected chi connectivity index (χ1v) is 18.7. The Morgan fingerprint density at radius 2 is 1.77 bits per heavy atom. The summed E-state index contributed by atoms with van der Waals surface area (Å²) in [7, 11) is 4.89. The highest BCUT2D eigenvalue weighted by Gasteiger charge is 2.38. The van der Waals surface area contributed by atoms with Crippen LogP contribution < -0.4 is 25.8 Å². The molecule has 3 N–H and O–H groups in total. The number of rotatable bonds is 9. The van der Waals surface area contributed by atoms with Crippen LogP contribution >= 0.6 is 0 Å². The number of likely N-dealkylation sites (tertiary alicyclic amines) is 1. The van der Waals surface area contributed by atoms with E-state index in [1.54, 1.807) is 42.4 Å². The summed E-state index contributed by atoms with van der Waals surface area (Å²) >= 11 is 0. The van der Waals surface area contributed by atoms with Gasteiger partial charge in [0.15, 0.2) is 0 Å². The second-order valence-corrected chi connectivity index (χ2v) is 14.9. The lowest BCUT2D eigenvalue weighted by atomic mass is 9.92. The maximum Gasteiger partial charge on any atom is 0.418 e. The summed E-state index contributed by atoms with van der Waals surface area (Å²) in [6.07, 6.45) is 0.964. The van der Waals surface area contributed by atoms with Gasteiger partial charge in [0.1, 0.15) is 23.1 Å². The number of methoxy groups -OCH3 is 1. The van der Waals surface area contributed by atoms with Gasteiger partial charge in [-0.25, -0.2) is 4.39 Å². The van der Waals surface area contributed by atoms with Crippen molar-refractivity contribution in [3.63, 3.8) is 0 Å². The van der Waals surface area contributed by atoms with Crippen molar-refractivity contribution in [1.82, 2.24) is 29.9 Å². The number of H-pyrrole nitrogens is 1. The molecule has 3 aliphatic rings. The average molecular weight is 781 g/mol. The van der Waals surface area contributed by atoms with Gasteiger partial charge in [-0.05, 0) is 68.0 Å². The van der Waals surface area contributed by atoms with E-state index in [1.807, 2.05) is 0 Å². The Morgan fingerprint density at radius 3 is 2.45 bits per heavy atom. The number of alkyl halides is 3.